The molecule has 1 aliphatic carbocycles. The van der Waals surface area contributed by atoms with Crippen LogP contribution in [0.25, 0.3) is 0 Å². The standard InChI is InChI=1S/C10H11FO2/c1-13-9-3-2-6-4-7(12)5-8(6)10(9)11/h2-3,7,12H,4-5H2,1H3. The average molecular weight is 182 g/mol. The molecule has 0 aromatic heterocycles. The van der Waals surface area contributed by atoms with E-state index < -0.39 is 6.10 Å². The molecule has 0 heterocycles. The van der Waals surface area contributed by atoms with Crippen LogP contribution in [0.4, 0.5) is 4.39 Å². The van der Waals surface area contributed by atoms with Crippen LogP contribution < -0.4 is 4.74 Å². The summed E-state index contributed by atoms with van der Waals surface area (Å²) in [6.45, 7) is 0. The van der Waals surface area contributed by atoms with E-state index in [1.165, 1.54) is 7.11 Å². The molecule has 1 unspecified atom stereocenters. The van der Waals surface area contributed by atoms with Crippen molar-refractivity contribution in [2.45, 2.75) is 18.9 Å². The van der Waals surface area contributed by atoms with Crippen molar-refractivity contribution in [1.29, 1.82) is 0 Å². The normalized spacial score (nSPS) is 20.1. The van der Waals surface area contributed by atoms with Crippen molar-refractivity contribution in [3.8, 4) is 5.75 Å². The molecular formula is C10H11FO2. The van der Waals surface area contributed by atoms with Gasteiger partial charge in [-0.05, 0) is 23.6 Å². The average Bonchev–Trinajstić information content (AvgIpc) is 2.47. The van der Waals surface area contributed by atoms with Gasteiger partial charge in [-0.1, -0.05) is 6.07 Å². The maximum absolute atomic E-state index is 13.5. The number of methoxy groups -OCH3 is 1. The molecule has 1 aromatic carbocycles. The Morgan fingerprint density at radius 1 is 1.46 bits per heavy atom. The molecule has 0 amide bonds. The van der Waals surface area contributed by atoms with E-state index in [0.717, 1.165) is 5.56 Å². The monoisotopic (exact) mass is 182 g/mol. The lowest BCUT2D eigenvalue weighted by molar-refractivity contribution is 0.186. The third-order valence-corrected chi connectivity index (χ3v) is 2.42. The summed E-state index contributed by atoms with van der Waals surface area (Å²) < 4.78 is 18.4. The van der Waals surface area contributed by atoms with Crippen molar-refractivity contribution in [3.05, 3.63) is 29.1 Å². The number of ether oxygens (including phenoxy) is 1. The Labute approximate surface area is 76.0 Å². The SMILES string of the molecule is COc1ccc2c(c1F)CC(O)C2. The Morgan fingerprint density at radius 3 is 2.92 bits per heavy atom. The van der Waals surface area contributed by atoms with Gasteiger partial charge in [-0.2, -0.15) is 0 Å². The summed E-state index contributed by atoms with van der Waals surface area (Å²) in [5.41, 5.74) is 1.50. The van der Waals surface area contributed by atoms with E-state index in [2.05, 4.69) is 0 Å². The van der Waals surface area contributed by atoms with Crippen molar-refractivity contribution in [2.24, 2.45) is 0 Å². The molecule has 0 fully saturated rings. The number of halogens is 1. The summed E-state index contributed by atoms with van der Waals surface area (Å²) >= 11 is 0. The molecule has 0 saturated carbocycles. The molecule has 3 heteroatoms. The largest absolute Gasteiger partial charge is 0.494 e. The fourth-order valence-electron chi connectivity index (χ4n) is 1.77. The molecule has 0 radical (unpaired) electrons. The highest BCUT2D eigenvalue weighted by Gasteiger charge is 2.24. The Kier molecular flexibility index (Phi) is 1.96. The number of hydrogen-bond acceptors (Lipinski definition) is 2. The second kappa shape index (κ2) is 3.00. The van der Waals surface area contributed by atoms with Crippen molar-refractivity contribution in [2.75, 3.05) is 7.11 Å². The van der Waals surface area contributed by atoms with E-state index in [0.29, 0.717) is 18.4 Å². The quantitative estimate of drug-likeness (QED) is 0.709. The predicted octanol–water partition coefficient (Wildman–Crippen LogP) is 1.29. The minimum absolute atomic E-state index is 0.257. The molecule has 13 heavy (non-hydrogen) atoms. The van der Waals surface area contributed by atoms with Gasteiger partial charge in [0, 0.05) is 6.42 Å². The van der Waals surface area contributed by atoms with Gasteiger partial charge in [0.05, 0.1) is 13.2 Å². The van der Waals surface area contributed by atoms with Crippen molar-refractivity contribution in [3.63, 3.8) is 0 Å². The molecule has 0 saturated heterocycles. The Bertz CT molecular complexity index is 336. The van der Waals surface area contributed by atoms with Crippen LogP contribution in [-0.4, -0.2) is 18.3 Å². The Hall–Kier alpha value is -1.09. The minimum Gasteiger partial charge on any atom is -0.494 e. The van der Waals surface area contributed by atoms with Crippen molar-refractivity contribution in [1.82, 2.24) is 0 Å². The van der Waals surface area contributed by atoms with E-state index in [4.69, 9.17) is 4.74 Å². The van der Waals surface area contributed by atoms with E-state index >= 15 is 0 Å². The first kappa shape index (κ1) is 8.51. The summed E-state index contributed by atoms with van der Waals surface area (Å²) in [5, 5.41) is 9.33. The van der Waals surface area contributed by atoms with Crippen LogP contribution in [0.1, 0.15) is 11.1 Å². The summed E-state index contributed by atoms with van der Waals surface area (Å²) in [6.07, 6.45) is 0.519. The molecule has 70 valence electrons. The lowest BCUT2D eigenvalue weighted by Gasteiger charge is -2.05. The number of aliphatic hydroxyl groups excluding tert-OH is 1. The van der Waals surface area contributed by atoms with E-state index in [1.807, 2.05) is 6.07 Å². The van der Waals surface area contributed by atoms with Gasteiger partial charge in [-0.15, -0.1) is 0 Å². The topological polar surface area (TPSA) is 29.5 Å². The van der Waals surface area contributed by atoms with Gasteiger partial charge in [-0.3, -0.25) is 0 Å². The van der Waals surface area contributed by atoms with Crippen LogP contribution in [0.2, 0.25) is 0 Å². The van der Waals surface area contributed by atoms with Crippen molar-refractivity contribution < 1.29 is 14.2 Å². The molecule has 1 aromatic rings. The molecule has 0 aliphatic heterocycles. The summed E-state index contributed by atoms with van der Waals surface area (Å²) in [4.78, 5) is 0. The van der Waals surface area contributed by atoms with E-state index in [9.17, 15) is 9.50 Å². The summed E-state index contributed by atoms with van der Waals surface area (Å²) in [7, 11) is 1.44. The first-order valence-electron chi connectivity index (χ1n) is 4.24. The first-order chi connectivity index (χ1) is 6.22. The van der Waals surface area contributed by atoms with Gasteiger partial charge in [-0.25, -0.2) is 4.39 Å². The van der Waals surface area contributed by atoms with Gasteiger partial charge in [0.1, 0.15) is 0 Å². The zero-order valence-electron chi connectivity index (χ0n) is 7.38. The smallest absolute Gasteiger partial charge is 0.168 e. The highest BCUT2D eigenvalue weighted by Crippen LogP contribution is 2.30. The summed E-state index contributed by atoms with van der Waals surface area (Å²) in [6, 6.07) is 3.42. The molecule has 0 bridgehead atoms. The first-order valence-corrected chi connectivity index (χ1v) is 4.24. The third-order valence-electron chi connectivity index (χ3n) is 2.42. The van der Waals surface area contributed by atoms with Gasteiger partial charge >= 0.3 is 0 Å². The van der Waals surface area contributed by atoms with Crippen molar-refractivity contribution >= 4 is 0 Å². The van der Waals surface area contributed by atoms with E-state index in [-0.39, 0.29) is 11.6 Å². The Balaban J connectivity index is 2.48. The van der Waals surface area contributed by atoms with E-state index in [1.54, 1.807) is 6.07 Å². The van der Waals surface area contributed by atoms with Gasteiger partial charge < -0.3 is 9.84 Å². The Morgan fingerprint density at radius 2 is 2.23 bits per heavy atom. The number of benzene rings is 1. The molecular weight excluding hydrogens is 171 g/mol. The van der Waals surface area contributed by atoms with Gasteiger partial charge in [0.15, 0.2) is 11.6 Å². The molecule has 1 atom stereocenters. The molecule has 1 N–H and O–H groups in total. The highest BCUT2D eigenvalue weighted by atomic mass is 19.1. The second-order valence-corrected chi connectivity index (χ2v) is 3.28. The predicted molar refractivity (Wildman–Crippen MR) is 46.4 cm³/mol. The lowest BCUT2D eigenvalue weighted by atomic mass is 10.1. The van der Waals surface area contributed by atoms with Crippen LogP contribution in [-0.2, 0) is 12.8 Å². The number of aliphatic hydroxyl groups is 1. The maximum atomic E-state index is 13.5. The third kappa shape index (κ3) is 1.29. The fraction of sp³-hybridized carbons (Fsp3) is 0.400. The molecule has 0 spiro atoms. The molecule has 2 nitrogen and oxygen atoms in total. The summed E-state index contributed by atoms with van der Waals surface area (Å²) in [5.74, 6) is -0.0654. The molecule has 2 rings (SSSR count). The maximum Gasteiger partial charge on any atom is 0.168 e. The zero-order valence-corrected chi connectivity index (χ0v) is 7.38. The number of rotatable bonds is 1. The minimum atomic E-state index is -0.434. The lowest BCUT2D eigenvalue weighted by Crippen LogP contribution is -2.04. The van der Waals surface area contributed by atoms with Crippen LogP contribution in [0, 0.1) is 5.82 Å². The fourth-order valence-corrected chi connectivity index (χ4v) is 1.77. The van der Waals surface area contributed by atoms with Crippen LogP contribution in [0.3, 0.4) is 0 Å². The van der Waals surface area contributed by atoms with Crippen LogP contribution in [0.5, 0.6) is 5.75 Å². The number of fused-ring (bicyclic) bond motifs is 1. The van der Waals surface area contributed by atoms with Gasteiger partial charge in [0.25, 0.3) is 0 Å². The number of hydrogen-bond donors (Lipinski definition) is 1. The highest BCUT2D eigenvalue weighted by molar-refractivity contribution is 5.41. The zero-order chi connectivity index (χ0) is 9.42. The van der Waals surface area contributed by atoms with Crippen LogP contribution >= 0.6 is 0 Å². The van der Waals surface area contributed by atoms with Crippen LogP contribution in [0.15, 0.2) is 12.1 Å². The molecule has 1 aliphatic rings. The second-order valence-electron chi connectivity index (χ2n) is 3.28. The van der Waals surface area contributed by atoms with Gasteiger partial charge in [0.2, 0.25) is 0 Å².